The van der Waals surface area contributed by atoms with Crippen LogP contribution in [0.5, 0.6) is 0 Å². The summed E-state index contributed by atoms with van der Waals surface area (Å²) in [6.45, 7) is 3.05. The number of nitrogens with zero attached hydrogens (tertiary/aromatic N) is 2. The molecule has 36 heavy (non-hydrogen) atoms. The molecule has 1 unspecified atom stereocenters. The maximum Gasteiger partial charge on any atom is 0.259 e. The van der Waals surface area contributed by atoms with Gasteiger partial charge in [-0.05, 0) is 44.0 Å². The molecule has 3 N–H and O–H groups in total. The van der Waals surface area contributed by atoms with Crippen molar-refractivity contribution < 1.29 is 14.0 Å². The van der Waals surface area contributed by atoms with E-state index in [0.717, 1.165) is 30.8 Å². The molecule has 2 aromatic carbocycles. The van der Waals surface area contributed by atoms with Crippen LogP contribution in [0.2, 0.25) is 0 Å². The molecular formula is C28H26N4O4. The summed E-state index contributed by atoms with van der Waals surface area (Å²) >= 11 is 0. The molecule has 182 valence electrons. The van der Waals surface area contributed by atoms with Crippen molar-refractivity contribution in [2.45, 2.75) is 19.8 Å². The van der Waals surface area contributed by atoms with E-state index in [-0.39, 0.29) is 28.4 Å². The van der Waals surface area contributed by atoms with Crippen molar-refractivity contribution in [3.8, 4) is 11.3 Å². The second-order valence-electron chi connectivity index (χ2n) is 8.98. The Balaban J connectivity index is 1.42. The van der Waals surface area contributed by atoms with Crippen molar-refractivity contribution in [3.05, 3.63) is 88.2 Å². The summed E-state index contributed by atoms with van der Waals surface area (Å²) in [5, 5.41) is 3.19. The van der Waals surface area contributed by atoms with E-state index in [1.54, 1.807) is 43.5 Å². The number of piperidine rings is 1. The minimum Gasteiger partial charge on any atom is -0.455 e. The van der Waals surface area contributed by atoms with Gasteiger partial charge in [-0.3, -0.25) is 14.4 Å². The number of benzene rings is 2. The van der Waals surface area contributed by atoms with Crippen molar-refractivity contribution in [1.29, 1.82) is 0 Å². The summed E-state index contributed by atoms with van der Waals surface area (Å²) in [5.41, 5.74) is 7.55. The van der Waals surface area contributed by atoms with Crippen LogP contribution in [-0.2, 0) is 4.79 Å². The number of rotatable bonds is 5. The fraction of sp³-hybridized carbons (Fsp3) is 0.214. The van der Waals surface area contributed by atoms with Crippen molar-refractivity contribution >= 4 is 34.3 Å². The maximum atomic E-state index is 13.2. The number of pyridine rings is 1. The highest BCUT2D eigenvalue weighted by Gasteiger charge is 2.25. The lowest BCUT2D eigenvalue weighted by atomic mass is 9.97. The number of fused-ring (bicyclic) bond motifs is 1. The topological polar surface area (TPSA) is 119 Å². The first-order valence-corrected chi connectivity index (χ1v) is 11.9. The minimum atomic E-state index is -0.409. The minimum absolute atomic E-state index is 0.174. The van der Waals surface area contributed by atoms with Crippen molar-refractivity contribution in [1.82, 2.24) is 4.98 Å². The van der Waals surface area contributed by atoms with Crippen LogP contribution in [0.15, 0.2) is 76.1 Å². The molecule has 1 aliphatic rings. The van der Waals surface area contributed by atoms with E-state index in [1.807, 2.05) is 35.2 Å². The van der Waals surface area contributed by atoms with Gasteiger partial charge >= 0.3 is 0 Å². The fourth-order valence-corrected chi connectivity index (χ4v) is 4.62. The van der Waals surface area contributed by atoms with Crippen LogP contribution >= 0.6 is 0 Å². The predicted molar refractivity (Wildman–Crippen MR) is 139 cm³/mol. The lowest BCUT2D eigenvalue weighted by Crippen LogP contribution is -2.41. The number of hydrogen-bond acceptors (Lipinski definition) is 6. The van der Waals surface area contributed by atoms with E-state index in [4.69, 9.17) is 10.2 Å². The quantitative estimate of drug-likeness (QED) is 0.442. The molecule has 1 aliphatic heterocycles. The average molecular weight is 483 g/mol. The zero-order valence-corrected chi connectivity index (χ0v) is 19.9. The third-order valence-corrected chi connectivity index (χ3v) is 6.58. The zero-order chi connectivity index (χ0) is 25.2. The number of aromatic nitrogens is 1. The third kappa shape index (κ3) is 4.45. The highest BCUT2D eigenvalue weighted by molar-refractivity contribution is 6.11. The van der Waals surface area contributed by atoms with E-state index in [9.17, 15) is 14.4 Å². The van der Waals surface area contributed by atoms with Crippen LogP contribution < -0.4 is 21.4 Å². The molecule has 0 radical (unpaired) electrons. The molecule has 4 aromatic rings. The Hall–Kier alpha value is -4.46. The number of nitrogens with two attached hydrogens (primary N) is 1. The molecule has 3 heterocycles. The molecule has 1 saturated heterocycles. The van der Waals surface area contributed by atoms with E-state index in [0.29, 0.717) is 28.9 Å². The maximum absolute atomic E-state index is 13.2. The predicted octanol–water partition coefficient (Wildman–Crippen LogP) is 4.12. The van der Waals surface area contributed by atoms with Gasteiger partial charge in [0.05, 0.1) is 28.8 Å². The number of carbonyl (C=O) groups is 2. The molecular weight excluding hydrogens is 456 g/mol. The highest BCUT2D eigenvalue weighted by atomic mass is 16.3. The van der Waals surface area contributed by atoms with Gasteiger partial charge in [0.2, 0.25) is 5.91 Å². The summed E-state index contributed by atoms with van der Waals surface area (Å²) in [6, 6.07) is 17.9. The van der Waals surface area contributed by atoms with Gasteiger partial charge in [-0.15, -0.1) is 0 Å². The normalized spacial score (nSPS) is 15.6. The average Bonchev–Trinajstić information content (AvgIpc) is 2.91. The number of hydrogen-bond donors (Lipinski definition) is 2. The summed E-state index contributed by atoms with van der Waals surface area (Å²) < 4.78 is 6.16. The summed E-state index contributed by atoms with van der Waals surface area (Å²) in [7, 11) is 0. The van der Waals surface area contributed by atoms with Gasteiger partial charge in [0, 0.05) is 24.2 Å². The van der Waals surface area contributed by atoms with Gasteiger partial charge in [-0.2, -0.15) is 0 Å². The van der Waals surface area contributed by atoms with Crippen LogP contribution in [0.4, 0.5) is 11.5 Å². The molecule has 0 bridgehead atoms. The first kappa shape index (κ1) is 23.3. The van der Waals surface area contributed by atoms with Crippen molar-refractivity contribution in [3.63, 3.8) is 0 Å². The lowest BCUT2D eigenvalue weighted by Gasteiger charge is -2.32. The molecule has 2 aromatic heterocycles. The van der Waals surface area contributed by atoms with Gasteiger partial charge < -0.3 is 20.4 Å². The number of para-hydroxylation sites is 1. The van der Waals surface area contributed by atoms with Crippen LogP contribution in [-0.4, -0.2) is 29.9 Å². The third-order valence-electron chi connectivity index (χ3n) is 6.58. The molecule has 0 aliphatic carbocycles. The van der Waals surface area contributed by atoms with Gasteiger partial charge in [0.1, 0.15) is 11.6 Å². The van der Waals surface area contributed by atoms with Crippen LogP contribution in [0.1, 0.15) is 28.8 Å². The number of anilines is 2. The molecule has 0 saturated carbocycles. The molecule has 0 spiro atoms. The number of carbonyl (C=O) groups excluding carboxylic acids is 2. The Morgan fingerprint density at radius 1 is 1.08 bits per heavy atom. The van der Waals surface area contributed by atoms with Gasteiger partial charge in [0.15, 0.2) is 11.0 Å². The summed E-state index contributed by atoms with van der Waals surface area (Å²) in [4.78, 5) is 44.4. The van der Waals surface area contributed by atoms with Crippen LogP contribution in [0, 0.1) is 12.8 Å². The van der Waals surface area contributed by atoms with E-state index in [2.05, 4.69) is 10.3 Å². The monoisotopic (exact) mass is 482 g/mol. The Labute approximate surface area is 207 Å². The van der Waals surface area contributed by atoms with Gasteiger partial charge in [0.25, 0.3) is 5.91 Å². The molecule has 5 rings (SSSR count). The standard InChI is InChI=1S/C28H26N4O4/c1-17-24(33)21-10-5-11-22(26(21)36-25(17)18-7-3-2-4-8-18)28(35)31-20-12-13-23(30-15-20)32-14-6-9-19(16-32)27(29)34/h2-5,7-8,10-13,15,19H,6,9,14,16H2,1H3,(H2,29,34)(H,31,35). The first-order chi connectivity index (χ1) is 17.4. The smallest absolute Gasteiger partial charge is 0.259 e. The first-order valence-electron chi connectivity index (χ1n) is 11.9. The molecule has 8 heteroatoms. The molecule has 2 amide bonds. The van der Waals surface area contributed by atoms with E-state index in [1.165, 1.54) is 0 Å². The van der Waals surface area contributed by atoms with Crippen molar-refractivity contribution in [2.24, 2.45) is 11.7 Å². The lowest BCUT2D eigenvalue weighted by molar-refractivity contribution is -0.122. The second kappa shape index (κ2) is 9.65. The van der Waals surface area contributed by atoms with Crippen molar-refractivity contribution in [2.75, 3.05) is 23.3 Å². The number of primary amides is 1. The largest absolute Gasteiger partial charge is 0.455 e. The molecule has 1 fully saturated rings. The van der Waals surface area contributed by atoms with Gasteiger partial charge in [-0.25, -0.2) is 4.98 Å². The number of nitrogens with one attached hydrogen (secondary N) is 1. The van der Waals surface area contributed by atoms with Gasteiger partial charge in [-0.1, -0.05) is 36.4 Å². The van der Waals surface area contributed by atoms with E-state index < -0.39 is 5.91 Å². The van der Waals surface area contributed by atoms with Crippen LogP contribution in [0.3, 0.4) is 0 Å². The fourth-order valence-electron chi connectivity index (χ4n) is 4.62. The number of amides is 2. The molecule has 1 atom stereocenters. The SMILES string of the molecule is Cc1c(-c2ccccc2)oc2c(C(=O)Nc3ccc(N4CCCC(C(N)=O)C4)nc3)cccc2c1=O. The zero-order valence-electron chi connectivity index (χ0n) is 19.9. The van der Waals surface area contributed by atoms with Crippen LogP contribution in [0.25, 0.3) is 22.3 Å². The second-order valence-corrected chi connectivity index (χ2v) is 8.98. The Kier molecular flexibility index (Phi) is 6.25. The Morgan fingerprint density at radius 2 is 1.89 bits per heavy atom. The summed E-state index contributed by atoms with van der Waals surface area (Å²) in [5.74, 6) is 0.266. The molecule has 8 nitrogen and oxygen atoms in total. The summed E-state index contributed by atoms with van der Waals surface area (Å²) in [6.07, 6.45) is 3.22. The van der Waals surface area contributed by atoms with E-state index >= 15 is 0 Å². The Morgan fingerprint density at radius 3 is 2.61 bits per heavy atom. The Bertz CT molecular complexity index is 1500. The highest BCUT2D eigenvalue weighted by Crippen LogP contribution is 2.28.